The van der Waals surface area contributed by atoms with Crippen molar-refractivity contribution >= 4 is 23.1 Å². The molecule has 1 N–H and O–H groups in total. The average molecular weight is 371 g/mol. The van der Waals surface area contributed by atoms with E-state index in [9.17, 15) is 4.79 Å². The number of carbonyl (C=O) groups excluding carboxylic acids is 1. The fraction of sp³-hybridized carbons (Fsp3) is 0.409. The number of rotatable bonds is 6. The van der Waals surface area contributed by atoms with Gasteiger partial charge < -0.3 is 10.2 Å². The molecule has 1 fully saturated rings. The number of anilines is 1. The summed E-state index contributed by atoms with van der Waals surface area (Å²) in [6.45, 7) is 2.07. The van der Waals surface area contributed by atoms with E-state index in [1.165, 1.54) is 11.3 Å². The molecule has 3 rings (SSSR count). The molecular formula is C22H27ClN2O. The van der Waals surface area contributed by atoms with Gasteiger partial charge in [-0.25, -0.2) is 0 Å². The lowest BCUT2D eigenvalue weighted by Crippen LogP contribution is -2.31. The summed E-state index contributed by atoms with van der Waals surface area (Å²) in [7, 11) is 4.09. The number of benzene rings is 2. The van der Waals surface area contributed by atoms with Crippen molar-refractivity contribution in [1.29, 1.82) is 0 Å². The summed E-state index contributed by atoms with van der Waals surface area (Å²) in [5.74, 6) is 0.996. The minimum Gasteiger partial charge on any atom is -0.378 e. The van der Waals surface area contributed by atoms with Crippen LogP contribution < -0.4 is 10.2 Å². The van der Waals surface area contributed by atoms with Gasteiger partial charge in [0.05, 0.1) is 0 Å². The van der Waals surface area contributed by atoms with Crippen molar-refractivity contribution < 1.29 is 4.79 Å². The van der Waals surface area contributed by atoms with Gasteiger partial charge in [-0.2, -0.15) is 0 Å². The molecule has 1 aliphatic heterocycles. The second kappa shape index (κ2) is 8.70. The van der Waals surface area contributed by atoms with Gasteiger partial charge in [-0.3, -0.25) is 4.79 Å². The van der Waals surface area contributed by atoms with Crippen molar-refractivity contribution in [3.05, 3.63) is 64.7 Å². The van der Waals surface area contributed by atoms with Crippen molar-refractivity contribution in [2.24, 2.45) is 5.92 Å². The van der Waals surface area contributed by atoms with Gasteiger partial charge in [0.2, 0.25) is 0 Å². The van der Waals surface area contributed by atoms with Crippen LogP contribution in [0.25, 0.3) is 0 Å². The van der Waals surface area contributed by atoms with Gasteiger partial charge in [-0.05, 0) is 79.7 Å². The molecule has 2 aromatic rings. The third-order valence-electron chi connectivity index (χ3n) is 5.36. The second-order valence-electron chi connectivity index (χ2n) is 7.31. The largest absolute Gasteiger partial charge is 0.378 e. The number of nitrogens with one attached hydrogen (secondary N) is 1. The first-order valence-corrected chi connectivity index (χ1v) is 9.69. The highest BCUT2D eigenvalue weighted by molar-refractivity contribution is 6.30. The van der Waals surface area contributed by atoms with Gasteiger partial charge in [-0.15, -0.1) is 0 Å². The van der Waals surface area contributed by atoms with E-state index in [-0.39, 0.29) is 11.7 Å². The number of hydrogen-bond acceptors (Lipinski definition) is 3. The first-order chi connectivity index (χ1) is 12.5. The van der Waals surface area contributed by atoms with Crippen LogP contribution in [0.2, 0.25) is 5.02 Å². The van der Waals surface area contributed by atoms with Gasteiger partial charge in [0, 0.05) is 36.8 Å². The monoisotopic (exact) mass is 370 g/mol. The van der Waals surface area contributed by atoms with Crippen molar-refractivity contribution in [1.82, 2.24) is 5.32 Å². The van der Waals surface area contributed by atoms with E-state index in [1.54, 1.807) is 12.1 Å². The molecule has 1 heterocycles. The Hall–Kier alpha value is -1.84. The Kier molecular flexibility index (Phi) is 6.33. The molecule has 138 valence electrons. The first-order valence-electron chi connectivity index (χ1n) is 9.31. The van der Waals surface area contributed by atoms with E-state index in [4.69, 9.17) is 11.6 Å². The normalized spacial score (nSPS) is 16.3. The molecule has 1 aliphatic rings. The van der Waals surface area contributed by atoms with E-state index in [1.807, 2.05) is 26.2 Å². The smallest absolute Gasteiger partial charge is 0.163 e. The Morgan fingerprint density at radius 2 is 1.69 bits per heavy atom. The highest BCUT2D eigenvalue weighted by Gasteiger charge is 2.27. The molecule has 26 heavy (non-hydrogen) atoms. The zero-order chi connectivity index (χ0) is 18.5. The Labute approximate surface area is 161 Å². The summed E-state index contributed by atoms with van der Waals surface area (Å²) in [5, 5.41) is 4.09. The highest BCUT2D eigenvalue weighted by Crippen LogP contribution is 2.35. The Balaban J connectivity index is 1.82. The topological polar surface area (TPSA) is 32.3 Å². The number of piperidine rings is 1. The number of nitrogens with zero attached hydrogens (tertiary/aromatic N) is 1. The third-order valence-corrected chi connectivity index (χ3v) is 5.61. The van der Waals surface area contributed by atoms with E-state index < -0.39 is 0 Å². The van der Waals surface area contributed by atoms with Crippen molar-refractivity contribution in [2.75, 3.05) is 32.1 Å². The number of Topliss-reactive ketones (excluding diaryl/α,β-unsaturated/α-hetero) is 1. The molecule has 3 nitrogen and oxygen atoms in total. The molecule has 0 aliphatic carbocycles. The molecule has 4 heteroatoms. The van der Waals surface area contributed by atoms with E-state index in [0.717, 1.165) is 31.5 Å². The predicted octanol–water partition coefficient (Wildman–Crippen LogP) is 4.76. The maximum absolute atomic E-state index is 12.9. The standard InChI is InChI=1S/C22H27ClN2O/c1-25(2)20-9-5-16(6-10-20)21(17-11-13-24-14-12-17)15-22(26)18-3-7-19(23)8-4-18/h3-10,17,21,24H,11-15H2,1-2H3. The molecular weight excluding hydrogens is 344 g/mol. The fourth-order valence-electron chi connectivity index (χ4n) is 3.78. The first kappa shape index (κ1) is 18.9. The van der Waals surface area contributed by atoms with E-state index in [0.29, 0.717) is 17.4 Å². The lowest BCUT2D eigenvalue weighted by atomic mass is 9.77. The molecule has 0 spiro atoms. The van der Waals surface area contributed by atoms with Gasteiger partial charge >= 0.3 is 0 Å². The summed E-state index contributed by atoms with van der Waals surface area (Å²) in [6, 6.07) is 15.9. The Bertz CT molecular complexity index is 719. The van der Waals surface area contributed by atoms with E-state index in [2.05, 4.69) is 34.5 Å². The second-order valence-corrected chi connectivity index (χ2v) is 7.75. The van der Waals surface area contributed by atoms with Crippen LogP contribution in [0.15, 0.2) is 48.5 Å². The summed E-state index contributed by atoms with van der Waals surface area (Å²) in [4.78, 5) is 15.0. The predicted molar refractivity (Wildman–Crippen MR) is 110 cm³/mol. The summed E-state index contributed by atoms with van der Waals surface area (Å²) < 4.78 is 0. The van der Waals surface area contributed by atoms with Gasteiger partial charge in [0.1, 0.15) is 0 Å². The minimum absolute atomic E-state index is 0.196. The zero-order valence-corrected chi connectivity index (χ0v) is 16.3. The maximum Gasteiger partial charge on any atom is 0.163 e. The molecule has 2 aromatic carbocycles. The van der Waals surface area contributed by atoms with Crippen LogP contribution in [0, 0.1) is 5.92 Å². The van der Waals surface area contributed by atoms with E-state index >= 15 is 0 Å². The lowest BCUT2D eigenvalue weighted by molar-refractivity contribution is 0.0959. The zero-order valence-electron chi connectivity index (χ0n) is 15.5. The number of hydrogen-bond donors (Lipinski definition) is 1. The molecule has 0 radical (unpaired) electrons. The van der Waals surface area contributed by atoms with Gasteiger partial charge in [0.25, 0.3) is 0 Å². The molecule has 0 saturated carbocycles. The molecule has 1 saturated heterocycles. The summed E-state index contributed by atoms with van der Waals surface area (Å²) in [6.07, 6.45) is 2.79. The van der Waals surface area contributed by atoms with Crippen LogP contribution in [0.3, 0.4) is 0 Å². The summed E-state index contributed by atoms with van der Waals surface area (Å²) >= 11 is 5.96. The van der Waals surface area contributed by atoms with Gasteiger partial charge in [-0.1, -0.05) is 23.7 Å². The molecule has 0 aromatic heterocycles. The Morgan fingerprint density at radius 1 is 1.08 bits per heavy atom. The quantitative estimate of drug-likeness (QED) is 0.744. The number of halogens is 1. The highest BCUT2D eigenvalue weighted by atomic mass is 35.5. The average Bonchev–Trinajstić information content (AvgIpc) is 2.67. The van der Waals surface area contributed by atoms with Crippen molar-refractivity contribution in [2.45, 2.75) is 25.2 Å². The van der Waals surface area contributed by atoms with Crippen molar-refractivity contribution in [3.8, 4) is 0 Å². The van der Waals surface area contributed by atoms with Crippen LogP contribution in [-0.4, -0.2) is 33.0 Å². The van der Waals surface area contributed by atoms with Crippen molar-refractivity contribution in [3.63, 3.8) is 0 Å². The SMILES string of the molecule is CN(C)c1ccc(C(CC(=O)c2ccc(Cl)cc2)C2CCNCC2)cc1. The Morgan fingerprint density at radius 3 is 2.27 bits per heavy atom. The number of ketones is 1. The lowest BCUT2D eigenvalue weighted by Gasteiger charge is -2.31. The fourth-order valence-corrected chi connectivity index (χ4v) is 3.90. The maximum atomic E-state index is 12.9. The van der Waals surface area contributed by atoms with Crippen LogP contribution >= 0.6 is 11.6 Å². The number of carbonyl (C=O) groups is 1. The molecule has 1 unspecified atom stereocenters. The minimum atomic E-state index is 0.196. The molecule has 0 amide bonds. The third kappa shape index (κ3) is 4.66. The molecule has 0 bridgehead atoms. The summed E-state index contributed by atoms with van der Waals surface area (Å²) in [5.41, 5.74) is 3.20. The van der Waals surface area contributed by atoms with Crippen LogP contribution in [0.4, 0.5) is 5.69 Å². The van der Waals surface area contributed by atoms with Crippen LogP contribution in [0.5, 0.6) is 0 Å². The van der Waals surface area contributed by atoms with Crippen LogP contribution in [-0.2, 0) is 0 Å². The molecule has 1 atom stereocenters. The van der Waals surface area contributed by atoms with Gasteiger partial charge in [0.15, 0.2) is 5.78 Å². The van der Waals surface area contributed by atoms with Crippen LogP contribution in [0.1, 0.15) is 41.1 Å².